The summed E-state index contributed by atoms with van der Waals surface area (Å²) < 4.78 is 0. The van der Waals surface area contributed by atoms with Crippen LogP contribution in [0.2, 0.25) is 0 Å². The van der Waals surface area contributed by atoms with Crippen molar-refractivity contribution in [2.24, 2.45) is 5.92 Å². The number of hydrogen-bond donors (Lipinski definition) is 2. The van der Waals surface area contributed by atoms with E-state index in [1.54, 1.807) is 12.1 Å². The Kier molecular flexibility index (Phi) is 5.84. The molecule has 0 aromatic heterocycles. The fraction of sp³-hybridized carbons (Fsp3) is 0.381. The summed E-state index contributed by atoms with van der Waals surface area (Å²) in [7, 11) is 2.16. The van der Waals surface area contributed by atoms with Gasteiger partial charge in [-0.15, -0.1) is 0 Å². The summed E-state index contributed by atoms with van der Waals surface area (Å²) in [6.45, 7) is 1.69. The first-order valence-corrected chi connectivity index (χ1v) is 8.92. The average molecular weight is 338 g/mol. The van der Waals surface area contributed by atoms with Gasteiger partial charge in [0.2, 0.25) is 0 Å². The van der Waals surface area contributed by atoms with Gasteiger partial charge in [-0.1, -0.05) is 42.5 Å². The van der Waals surface area contributed by atoms with Crippen molar-refractivity contribution in [1.29, 1.82) is 0 Å². The van der Waals surface area contributed by atoms with Crippen LogP contribution < -0.4 is 5.32 Å². The van der Waals surface area contributed by atoms with E-state index in [0.717, 1.165) is 24.9 Å². The van der Waals surface area contributed by atoms with Gasteiger partial charge in [0.1, 0.15) is 0 Å². The van der Waals surface area contributed by atoms with Crippen LogP contribution in [0.5, 0.6) is 0 Å². The van der Waals surface area contributed by atoms with Crippen molar-refractivity contribution in [3.63, 3.8) is 0 Å². The number of likely N-dealkylation sites (tertiary alicyclic amines) is 1. The molecule has 2 aromatic rings. The molecule has 0 unspecified atom stereocenters. The highest BCUT2D eigenvalue weighted by atomic mass is 16.3. The minimum absolute atomic E-state index is 0.0510. The topological polar surface area (TPSA) is 52.6 Å². The van der Waals surface area contributed by atoms with Crippen LogP contribution in [-0.2, 0) is 6.61 Å². The molecule has 4 heteroatoms. The van der Waals surface area contributed by atoms with Gasteiger partial charge >= 0.3 is 0 Å². The minimum atomic E-state index is -0.0738. The van der Waals surface area contributed by atoms with Gasteiger partial charge in [-0.25, -0.2) is 0 Å². The molecule has 3 rings (SSSR count). The lowest BCUT2D eigenvalue weighted by Gasteiger charge is -2.39. The average Bonchev–Trinajstić information content (AvgIpc) is 2.66. The van der Waals surface area contributed by atoms with Crippen LogP contribution in [0.25, 0.3) is 0 Å². The number of nitrogens with one attached hydrogen (secondary N) is 1. The predicted molar refractivity (Wildman–Crippen MR) is 99.2 cm³/mol. The zero-order valence-corrected chi connectivity index (χ0v) is 14.7. The number of rotatable bonds is 5. The monoisotopic (exact) mass is 338 g/mol. The van der Waals surface area contributed by atoms with Crippen molar-refractivity contribution in [2.75, 3.05) is 20.1 Å². The van der Waals surface area contributed by atoms with Gasteiger partial charge < -0.3 is 10.4 Å². The Morgan fingerprint density at radius 1 is 1.20 bits per heavy atom. The fourth-order valence-electron chi connectivity index (χ4n) is 3.79. The number of piperidine rings is 1. The summed E-state index contributed by atoms with van der Waals surface area (Å²) in [5, 5.41) is 12.3. The van der Waals surface area contributed by atoms with Gasteiger partial charge in [-0.05, 0) is 55.6 Å². The van der Waals surface area contributed by atoms with Crippen LogP contribution in [0.15, 0.2) is 54.6 Å². The molecule has 2 atom stereocenters. The zero-order chi connectivity index (χ0) is 17.6. The Hall–Kier alpha value is -2.17. The van der Waals surface area contributed by atoms with Gasteiger partial charge in [0, 0.05) is 18.2 Å². The van der Waals surface area contributed by atoms with E-state index < -0.39 is 0 Å². The highest BCUT2D eigenvalue weighted by Crippen LogP contribution is 2.34. The first-order chi connectivity index (χ1) is 12.2. The van der Waals surface area contributed by atoms with Gasteiger partial charge in [0.15, 0.2) is 0 Å². The second-order valence-electron chi connectivity index (χ2n) is 6.81. The quantitative estimate of drug-likeness (QED) is 0.881. The molecule has 0 aliphatic carbocycles. The van der Waals surface area contributed by atoms with Crippen molar-refractivity contribution in [1.82, 2.24) is 10.2 Å². The van der Waals surface area contributed by atoms with Gasteiger partial charge in [-0.3, -0.25) is 9.69 Å². The maximum Gasteiger partial charge on any atom is 0.251 e. The zero-order valence-electron chi connectivity index (χ0n) is 14.7. The van der Waals surface area contributed by atoms with E-state index in [1.165, 1.54) is 5.56 Å². The van der Waals surface area contributed by atoms with Crippen molar-refractivity contribution in [3.05, 3.63) is 71.3 Å². The molecule has 2 N–H and O–H groups in total. The molecular weight excluding hydrogens is 312 g/mol. The van der Waals surface area contributed by atoms with Crippen molar-refractivity contribution in [2.45, 2.75) is 25.5 Å². The van der Waals surface area contributed by atoms with E-state index in [9.17, 15) is 9.90 Å². The third-order valence-corrected chi connectivity index (χ3v) is 5.04. The number of benzene rings is 2. The minimum Gasteiger partial charge on any atom is -0.392 e. The summed E-state index contributed by atoms with van der Waals surface area (Å²) in [6, 6.07) is 18.0. The molecule has 0 radical (unpaired) electrons. The molecule has 1 saturated heterocycles. The highest BCUT2D eigenvalue weighted by Gasteiger charge is 2.30. The molecule has 1 fully saturated rings. The summed E-state index contributed by atoms with van der Waals surface area (Å²) >= 11 is 0. The van der Waals surface area contributed by atoms with E-state index in [2.05, 4.69) is 41.5 Å². The molecule has 0 bridgehead atoms. The number of aliphatic hydroxyl groups excluding tert-OH is 1. The number of hydrogen-bond acceptors (Lipinski definition) is 3. The number of nitrogens with zero attached hydrogens (tertiary/aromatic N) is 1. The smallest absolute Gasteiger partial charge is 0.251 e. The molecule has 25 heavy (non-hydrogen) atoms. The van der Waals surface area contributed by atoms with E-state index in [1.807, 2.05) is 18.2 Å². The predicted octanol–water partition coefficient (Wildman–Crippen LogP) is 2.99. The lowest BCUT2D eigenvalue weighted by Crippen LogP contribution is -2.41. The Balaban J connectivity index is 1.68. The number of carbonyl (C=O) groups is 1. The molecule has 1 amide bonds. The summed E-state index contributed by atoms with van der Waals surface area (Å²) in [4.78, 5) is 14.9. The first kappa shape index (κ1) is 17.6. The molecular formula is C21H26N2O2. The molecule has 1 aliphatic heterocycles. The van der Waals surface area contributed by atoms with Crippen molar-refractivity contribution < 1.29 is 9.90 Å². The molecule has 4 nitrogen and oxygen atoms in total. The summed E-state index contributed by atoms with van der Waals surface area (Å²) in [6.07, 6.45) is 2.27. The molecule has 0 spiro atoms. The van der Waals surface area contributed by atoms with Crippen LogP contribution in [-0.4, -0.2) is 36.1 Å². The number of aliphatic hydroxyl groups is 1. The number of carbonyl (C=O) groups excluding carboxylic acids is 1. The van der Waals surface area contributed by atoms with Crippen LogP contribution in [0.3, 0.4) is 0 Å². The molecule has 2 aromatic carbocycles. The Labute approximate surface area is 149 Å². The van der Waals surface area contributed by atoms with Gasteiger partial charge in [0.25, 0.3) is 5.91 Å². The SMILES string of the molecule is CN1CCC[C@H](CNC(=O)c2cccc(CO)c2)[C@H]1c1ccccc1. The molecule has 132 valence electrons. The third kappa shape index (κ3) is 4.27. The Morgan fingerprint density at radius 3 is 2.76 bits per heavy atom. The first-order valence-electron chi connectivity index (χ1n) is 8.92. The third-order valence-electron chi connectivity index (χ3n) is 5.04. The van der Waals surface area contributed by atoms with Crippen LogP contribution in [0.1, 0.15) is 40.4 Å². The fourth-order valence-corrected chi connectivity index (χ4v) is 3.79. The molecule has 0 saturated carbocycles. The standard InChI is InChI=1S/C21H26N2O2/c1-23-12-6-11-19(20(23)17-8-3-2-4-9-17)14-22-21(25)18-10-5-7-16(13-18)15-24/h2-5,7-10,13,19-20,24H,6,11-12,14-15H2,1H3,(H,22,25)/t19-,20-/m1/s1. The lowest BCUT2D eigenvalue weighted by atomic mass is 9.85. The number of amides is 1. The molecule has 1 aliphatic rings. The maximum atomic E-state index is 12.5. The van der Waals surface area contributed by atoms with E-state index in [0.29, 0.717) is 24.1 Å². The van der Waals surface area contributed by atoms with Gasteiger partial charge in [-0.2, -0.15) is 0 Å². The van der Waals surface area contributed by atoms with Crippen molar-refractivity contribution >= 4 is 5.91 Å². The highest BCUT2D eigenvalue weighted by molar-refractivity contribution is 5.94. The van der Waals surface area contributed by atoms with Crippen LogP contribution in [0, 0.1) is 5.92 Å². The summed E-state index contributed by atoms with van der Waals surface area (Å²) in [5.41, 5.74) is 2.67. The lowest BCUT2D eigenvalue weighted by molar-refractivity contribution is 0.0891. The van der Waals surface area contributed by atoms with E-state index in [4.69, 9.17) is 0 Å². The van der Waals surface area contributed by atoms with Crippen molar-refractivity contribution in [3.8, 4) is 0 Å². The Bertz CT molecular complexity index is 702. The largest absolute Gasteiger partial charge is 0.392 e. The molecule has 1 heterocycles. The van der Waals surface area contributed by atoms with Gasteiger partial charge in [0.05, 0.1) is 6.61 Å². The maximum absolute atomic E-state index is 12.5. The van der Waals surface area contributed by atoms with Crippen LogP contribution >= 0.6 is 0 Å². The Morgan fingerprint density at radius 2 is 2.00 bits per heavy atom. The normalized spacial score (nSPS) is 21.0. The van der Waals surface area contributed by atoms with E-state index >= 15 is 0 Å². The second-order valence-corrected chi connectivity index (χ2v) is 6.81. The van der Waals surface area contributed by atoms with Crippen LogP contribution in [0.4, 0.5) is 0 Å². The van der Waals surface area contributed by atoms with E-state index in [-0.39, 0.29) is 12.5 Å². The second kappa shape index (κ2) is 8.28. The summed E-state index contributed by atoms with van der Waals surface area (Å²) in [5.74, 6) is 0.321.